The lowest BCUT2D eigenvalue weighted by Crippen LogP contribution is -2.17. The van der Waals surface area contributed by atoms with E-state index in [0.717, 1.165) is 23.8 Å². The predicted octanol–water partition coefficient (Wildman–Crippen LogP) is 5.63. The Morgan fingerprint density at radius 3 is 2.55 bits per heavy atom. The summed E-state index contributed by atoms with van der Waals surface area (Å²) in [4.78, 5) is 6.92. The van der Waals surface area contributed by atoms with Gasteiger partial charge in [-0.1, -0.05) is 52.8 Å². The maximum atomic E-state index is 4.70. The third-order valence-electron chi connectivity index (χ3n) is 2.65. The first-order valence-electron chi connectivity index (χ1n) is 7.60. The molecule has 0 amide bonds. The second-order valence-electron chi connectivity index (χ2n) is 4.78. The maximum Gasteiger partial charge on any atom is 0.185 e. The number of rotatable bonds is 6. The second kappa shape index (κ2) is 10.7. The number of hydrogen-bond acceptors (Lipinski definition) is 3. The van der Waals surface area contributed by atoms with Gasteiger partial charge in [0.05, 0.1) is 5.69 Å². The number of nitrogens with zero attached hydrogens (tertiary/aromatic N) is 2. The normalized spacial score (nSPS) is 11.7. The quantitative estimate of drug-likeness (QED) is 0.632. The second-order valence-corrected chi connectivity index (χ2v) is 5.62. The summed E-state index contributed by atoms with van der Waals surface area (Å²) >= 11 is 1.72. The van der Waals surface area contributed by atoms with Crippen molar-refractivity contribution in [1.82, 2.24) is 4.98 Å². The molecule has 1 heterocycles. The first kappa shape index (κ1) is 18.9. The zero-order chi connectivity index (χ0) is 15.5. The molecule has 0 aromatic carbocycles. The molecule has 3 heteroatoms. The fourth-order valence-corrected chi connectivity index (χ4v) is 2.46. The first-order valence-corrected chi connectivity index (χ1v) is 8.48. The Morgan fingerprint density at radius 2 is 2.05 bits per heavy atom. The van der Waals surface area contributed by atoms with E-state index in [1.54, 1.807) is 11.3 Å². The van der Waals surface area contributed by atoms with Gasteiger partial charge in [-0.2, -0.15) is 0 Å². The molecule has 0 radical (unpaired) electrons. The number of allylic oxidation sites excluding steroid dienone is 4. The van der Waals surface area contributed by atoms with Crippen molar-refractivity contribution < 1.29 is 0 Å². The van der Waals surface area contributed by atoms with Gasteiger partial charge in [-0.05, 0) is 24.8 Å². The van der Waals surface area contributed by atoms with Crippen LogP contribution in [0.25, 0.3) is 5.57 Å². The molecule has 0 saturated carbocycles. The van der Waals surface area contributed by atoms with Crippen LogP contribution in [-0.4, -0.2) is 18.6 Å². The zero-order valence-electron chi connectivity index (χ0n) is 14.1. The number of thiazole rings is 1. The van der Waals surface area contributed by atoms with Gasteiger partial charge in [-0.15, -0.1) is 11.3 Å². The molecule has 1 aromatic rings. The largest absolute Gasteiger partial charge is 0.351 e. The highest BCUT2D eigenvalue weighted by molar-refractivity contribution is 7.13. The summed E-state index contributed by atoms with van der Waals surface area (Å²) in [6, 6.07) is 0. The van der Waals surface area contributed by atoms with Crippen molar-refractivity contribution in [1.29, 1.82) is 0 Å². The molecule has 0 N–H and O–H groups in total. The first-order chi connectivity index (χ1) is 9.58. The maximum absolute atomic E-state index is 4.70. The molecular weight excluding hydrogens is 264 g/mol. The molecule has 0 spiro atoms. The minimum Gasteiger partial charge on any atom is -0.351 e. The van der Waals surface area contributed by atoms with Crippen LogP contribution in [0, 0.1) is 5.92 Å². The average Bonchev–Trinajstić information content (AvgIpc) is 2.91. The Labute approximate surface area is 129 Å². The monoisotopic (exact) mass is 294 g/mol. The Kier molecular flexibility index (Phi) is 10.1. The van der Waals surface area contributed by atoms with Crippen molar-refractivity contribution in [2.75, 3.05) is 18.5 Å². The van der Waals surface area contributed by atoms with E-state index in [4.69, 9.17) is 4.98 Å². The Bertz CT molecular complexity index is 416. The Morgan fingerprint density at radius 1 is 1.40 bits per heavy atom. The van der Waals surface area contributed by atoms with E-state index in [9.17, 15) is 0 Å². The molecule has 0 unspecified atom stereocenters. The summed E-state index contributed by atoms with van der Waals surface area (Å²) in [5.41, 5.74) is 2.29. The summed E-state index contributed by atoms with van der Waals surface area (Å²) < 4.78 is 0. The molecule has 0 atom stereocenters. The van der Waals surface area contributed by atoms with E-state index in [1.165, 1.54) is 5.57 Å². The molecule has 1 aromatic heterocycles. The molecule has 0 fully saturated rings. The molecule has 1 rings (SSSR count). The van der Waals surface area contributed by atoms with Gasteiger partial charge < -0.3 is 4.90 Å². The van der Waals surface area contributed by atoms with Crippen molar-refractivity contribution in [2.24, 2.45) is 5.92 Å². The highest BCUT2D eigenvalue weighted by atomic mass is 32.1. The van der Waals surface area contributed by atoms with Gasteiger partial charge in [0.15, 0.2) is 5.13 Å². The summed E-state index contributed by atoms with van der Waals surface area (Å²) in [7, 11) is 2.10. The van der Waals surface area contributed by atoms with E-state index in [-0.39, 0.29) is 0 Å². The van der Waals surface area contributed by atoms with E-state index < -0.39 is 0 Å². The lowest BCUT2D eigenvalue weighted by Gasteiger charge is -2.13. The van der Waals surface area contributed by atoms with E-state index in [1.807, 2.05) is 13.8 Å². The third-order valence-corrected chi connectivity index (χ3v) is 3.60. The van der Waals surface area contributed by atoms with Gasteiger partial charge in [0.2, 0.25) is 0 Å². The molecule has 0 aliphatic heterocycles. The van der Waals surface area contributed by atoms with Gasteiger partial charge in [-0.3, -0.25) is 0 Å². The van der Waals surface area contributed by atoms with Crippen molar-refractivity contribution in [3.05, 3.63) is 29.3 Å². The molecule has 2 nitrogen and oxygen atoms in total. The van der Waals surface area contributed by atoms with Gasteiger partial charge in [0.25, 0.3) is 0 Å². The number of hydrogen-bond donors (Lipinski definition) is 0. The fourth-order valence-electron chi connectivity index (χ4n) is 1.63. The fraction of sp³-hybridized carbons (Fsp3) is 0.588. The SMILES string of the molecule is C/C=C(\C=C/C(C)C)c1csc(N(C)CCC)n1.CC. The van der Waals surface area contributed by atoms with Gasteiger partial charge in [0.1, 0.15) is 0 Å². The van der Waals surface area contributed by atoms with Crippen LogP contribution in [-0.2, 0) is 0 Å². The van der Waals surface area contributed by atoms with Crippen LogP contribution >= 0.6 is 11.3 Å². The van der Waals surface area contributed by atoms with E-state index in [2.05, 4.69) is 63.3 Å². The van der Waals surface area contributed by atoms with E-state index >= 15 is 0 Å². The van der Waals surface area contributed by atoms with Crippen LogP contribution in [0.2, 0.25) is 0 Å². The molecule has 0 aliphatic carbocycles. The lowest BCUT2D eigenvalue weighted by atomic mass is 10.1. The van der Waals surface area contributed by atoms with Crippen molar-refractivity contribution in [2.45, 2.75) is 48.0 Å². The van der Waals surface area contributed by atoms with Crippen molar-refractivity contribution >= 4 is 22.0 Å². The smallest absolute Gasteiger partial charge is 0.185 e. The van der Waals surface area contributed by atoms with Crippen LogP contribution in [0.4, 0.5) is 5.13 Å². The molecule has 0 saturated heterocycles. The van der Waals surface area contributed by atoms with Crippen LogP contribution < -0.4 is 4.90 Å². The molecular formula is C17H30N2S. The van der Waals surface area contributed by atoms with Gasteiger partial charge in [0, 0.05) is 19.0 Å². The van der Waals surface area contributed by atoms with Crippen LogP contribution in [0.1, 0.15) is 53.7 Å². The lowest BCUT2D eigenvalue weighted by molar-refractivity contribution is 0.832. The summed E-state index contributed by atoms with van der Waals surface area (Å²) in [6.07, 6.45) is 7.65. The average molecular weight is 295 g/mol. The standard InChI is InChI=1S/C15H24N2S.C2H6/c1-6-10-17(5)15-16-14(11-18-15)13(7-2)9-8-12(3)4;1-2/h7-9,11-12H,6,10H2,1-5H3;1-2H3/b9-8-,13-7+;. The Hall–Kier alpha value is -1.09. The zero-order valence-corrected chi connectivity index (χ0v) is 14.9. The minimum atomic E-state index is 0.570. The molecule has 114 valence electrons. The van der Waals surface area contributed by atoms with Crippen LogP contribution in [0.5, 0.6) is 0 Å². The van der Waals surface area contributed by atoms with Crippen LogP contribution in [0.15, 0.2) is 23.6 Å². The van der Waals surface area contributed by atoms with Gasteiger partial charge in [-0.25, -0.2) is 4.98 Å². The third kappa shape index (κ3) is 6.38. The highest BCUT2D eigenvalue weighted by Crippen LogP contribution is 2.25. The van der Waals surface area contributed by atoms with Crippen LogP contribution in [0.3, 0.4) is 0 Å². The van der Waals surface area contributed by atoms with Crippen molar-refractivity contribution in [3.8, 4) is 0 Å². The summed E-state index contributed by atoms with van der Waals surface area (Å²) in [5.74, 6) is 0.570. The number of anilines is 1. The van der Waals surface area contributed by atoms with Gasteiger partial charge >= 0.3 is 0 Å². The molecule has 0 bridgehead atoms. The summed E-state index contributed by atoms with van der Waals surface area (Å²) in [6.45, 7) is 13.7. The number of aromatic nitrogens is 1. The highest BCUT2D eigenvalue weighted by Gasteiger charge is 2.07. The predicted molar refractivity (Wildman–Crippen MR) is 94.7 cm³/mol. The minimum absolute atomic E-state index is 0.570. The Balaban J connectivity index is 0.00000172. The molecule has 0 aliphatic rings. The molecule has 20 heavy (non-hydrogen) atoms. The van der Waals surface area contributed by atoms with Crippen molar-refractivity contribution in [3.63, 3.8) is 0 Å². The topological polar surface area (TPSA) is 16.1 Å². The van der Waals surface area contributed by atoms with E-state index in [0.29, 0.717) is 5.92 Å². The summed E-state index contributed by atoms with van der Waals surface area (Å²) in [5, 5.41) is 3.24.